The van der Waals surface area contributed by atoms with Gasteiger partial charge in [-0.2, -0.15) is 0 Å². The monoisotopic (exact) mass is 269 g/mol. The number of anilines is 1. The second-order valence-corrected chi connectivity index (χ2v) is 5.12. The van der Waals surface area contributed by atoms with Crippen molar-refractivity contribution in [2.24, 2.45) is 0 Å². The third kappa shape index (κ3) is 2.57. The van der Waals surface area contributed by atoms with Crippen LogP contribution in [0.1, 0.15) is 11.1 Å². The van der Waals surface area contributed by atoms with Crippen LogP contribution < -0.4 is 14.8 Å². The summed E-state index contributed by atoms with van der Waals surface area (Å²) in [5, 5.41) is 3.43. The second kappa shape index (κ2) is 5.45. The smallest absolute Gasteiger partial charge is 0.123 e. The van der Waals surface area contributed by atoms with Gasteiger partial charge >= 0.3 is 0 Å². The van der Waals surface area contributed by atoms with Crippen molar-refractivity contribution in [1.82, 2.24) is 0 Å². The Kier molecular flexibility index (Phi) is 3.50. The van der Waals surface area contributed by atoms with Gasteiger partial charge < -0.3 is 14.8 Å². The molecule has 0 bridgehead atoms. The first-order valence-corrected chi connectivity index (χ1v) is 6.89. The Bertz CT molecular complexity index is 585. The molecule has 104 valence electrons. The van der Waals surface area contributed by atoms with E-state index in [0.29, 0.717) is 0 Å². The minimum atomic E-state index is 0.204. The molecule has 20 heavy (non-hydrogen) atoms. The van der Waals surface area contributed by atoms with Crippen LogP contribution in [0.15, 0.2) is 42.5 Å². The summed E-state index contributed by atoms with van der Waals surface area (Å²) in [6.45, 7) is 2.85. The van der Waals surface area contributed by atoms with Gasteiger partial charge in [0.1, 0.15) is 17.6 Å². The Morgan fingerprint density at radius 3 is 2.85 bits per heavy atom. The molecule has 1 N–H and O–H groups in total. The van der Waals surface area contributed by atoms with Crippen LogP contribution in [0.2, 0.25) is 0 Å². The molecule has 2 aromatic carbocycles. The molecule has 3 rings (SSSR count). The summed E-state index contributed by atoms with van der Waals surface area (Å²) in [7, 11) is 1.69. The lowest BCUT2D eigenvalue weighted by Gasteiger charge is -2.14. The lowest BCUT2D eigenvalue weighted by atomic mass is 10.1. The molecular weight excluding hydrogens is 250 g/mol. The summed E-state index contributed by atoms with van der Waals surface area (Å²) in [5.74, 6) is 1.94. The van der Waals surface area contributed by atoms with Crippen molar-refractivity contribution < 1.29 is 9.47 Å². The fourth-order valence-electron chi connectivity index (χ4n) is 2.59. The molecule has 3 heteroatoms. The number of fused-ring (bicyclic) bond motifs is 1. The minimum absolute atomic E-state index is 0.204. The van der Waals surface area contributed by atoms with E-state index in [2.05, 4.69) is 23.5 Å². The molecule has 1 unspecified atom stereocenters. The number of ether oxygens (including phenoxy) is 2. The fraction of sp³-hybridized carbons (Fsp3) is 0.294. The summed E-state index contributed by atoms with van der Waals surface area (Å²) in [6.07, 6.45) is 1.17. The van der Waals surface area contributed by atoms with E-state index < -0.39 is 0 Å². The average molecular weight is 269 g/mol. The quantitative estimate of drug-likeness (QED) is 0.922. The standard InChI is InChI=1S/C17H19NO2/c1-12-9-14(7-8-16(12)19-2)18-11-15-10-13-5-3-4-6-17(13)20-15/h3-9,15,18H,10-11H2,1-2H3. The summed E-state index contributed by atoms with van der Waals surface area (Å²) in [4.78, 5) is 0. The topological polar surface area (TPSA) is 30.5 Å². The minimum Gasteiger partial charge on any atom is -0.496 e. The van der Waals surface area contributed by atoms with Gasteiger partial charge in [-0.25, -0.2) is 0 Å². The van der Waals surface area contributed by atoms with Crippen LogP contribution in [-0.4, -0.2) is 19.8 Å². The van der Waals surface area contributed by atoms with Crippen LogP contribution in [0.25, 0.3) is 0 Å². The van der Waals surface area contributed by atoms with Gasteiger partial charge in [0.25, 0.3) is 0 Å². The summed E-state index contributed by atoms with van der Waals surface area (Å²) in [5.41, 5.74) is 3.53. The molecule has 3 nitrogen and oxygen atoms in total. The Morgan fingerprint density at radius 1 is 1.25 bits per heavy atom. The highest BCUT2D eigenvalue weighted by molar-refractivity contribution is 5.51. The number of nitrogens with one attached hydrogen (secondary N) is 1. The average Bonchev–Trinajstić information content (AvgIpc) is 2.88. The first kappa shape index (κ1) is 12.9. The highest BCUT2D eigenvalue weighted by atomic mass is 16.5. The van der Waals surface area contributed by atoms with E-state index in [-0.39, 0.29) is 6.10 Å². The van der Waals surface area contributed by atoms with E-state index in [1.807, 2.05) is 31.2 Å². The maximum atomic E-state index is 5.92. The number of rotatable bonds is 4. The van der Waals surface area contributed by atoms with Crippen LogP contribution in [-0.2, 0) is 6.42 Å². The van der Waals surface area contributed by atoms with Crippen LogP contribution in [0.3, 0.4) is 0 Å². The Balaban J connectivity index is 1.60. The number of hydrogen-bond acceptors (Lipinski definition) is 3. The highest BCUT2D eigenvalue weighted by Gasteiger charge is 2.21. The number of aryl methyl sites for hydroxylation is 1. The van der Waals surface area contributed by atoms with Crippen LogP contribution in [0.5, 0.6) is 11.5 Å². The Hall–Kier alpha value is -2.16. The molecule has 1 aliphatic heterocycles. The molecule has 0 fully saturated rings. The van der Waals surface area contributed by atoms with Crippen LogP contribution in [0, 0.1) is 6.92 Å². The maximum absolute atomic E-state index is 5.92. The molecule has 1 atom stereocenters. The fourth-order valence-corrected chi connectivity index (χ4v) is 2.59. The lowest BCUT2D eigenvalue weighted by molar-refractivity contribution is 0.246. The molecule has 1 aliphatic rings. The van der Waals surface area contributed by atoms with E-state index >= 15 is 0 Å². The van der Waals surface area contributed by atoms with Crippen molar-refractivity contribution in [2.45, 2.75) is 19.4 Å². The van der Waals surface area contributed by atoms with Crippen molar-refractivity contribution in [3.05, 3.63) is 53.6 Å². The number of para-hydroxylation sites is 1. The van der Waals surface area contributed by atoms with Crippen LogP contribution in [0.4, 0.5) is 5.69 Å². The normalized spacial score (nSPS) is 16.4. The van der Waals surface area contributed by atoms with Crippen LogP contribution >= 0.6 is 0 Å². The van der Waals surface area contributed by atoms with Gasteiger partial charge in [-0.15, -0.1) is 0 Å². The Morgan fingerprint density at radius 2 is 2.10 bits per heavy atom. The van der Waals surface area contributed by atoms with E-state index in [9.17, 15) is 0 Å². The SMILES string of the molecule is COc1ccc(NCC2Cc3ccccc3O2)cc1C. The van der Waals surface area contributed by atoms with Crippen molar-refractivity contribution in [2.75, 3.05) is 19.0 Å². The van der Waals surface area contributed by atoms with Crippen molar-refractivity contribution >= 4 is 5.69 Å². The number of benzene rings is 2. The highest BCUT2D eigenvalue weighted by Crippen LogP contribution is 2.28. The molecule has 0 saturated heterocycles. The van der Waals surface area contributed by atoms with Crippen molar-refractivity contribution in [3.63, 3.8) is 0 Å². The predicted octanol–water partition coefficient (Wildman–Crippen LogP) is 3.42. The van der Waals surface area contributed by atoms with Crippen molar-refractivity contribution in [3.8, 4) is 11.5 Å². The molecule has 0 saturated carbocycles. The molecule has 1 heterocycles. The number of hydrogen-bond donors (Lipinski definition) is 1. The van der Waals surface area contributed by atoms with Gasteiger partial charge in [-0.1, -0.05) is 18.2 Å². The van der Waals surface area contributed by atoms with Gasteiger partial charge in [0.05, 0.1) is 13.7 Å². The van der Waals surface area contributed by atoms with E-state index in [1.165, 1.54) is 5.56 Å². The number of methoxy groups -OCH3 is 1. The van der Waals surface area contributed by atoms with Crippen molar-refractivity contribution in [1.29, 1.82) is 0 Å². The molecule has 0 aromatic heterocycles. The predicted molar refractivity (Wildman–Crippen MR) is 80.8 cm³/mol. The van der Waals surface area contributed by atoms with Gasteiger partial charge in [-0.05, 0) is 42.3 Å². The zero-order chi connectivity index (χ0) is 13.9. The third-order valence-electron chi connectivity index (χ3n) is 3.64. The van der Waals surface area contributed by atoms with Gasteiger partial charge in [0.15, 0.2) is 0 Å². The molecule has 2 aromatic rings. The van der Waals surface area contributed by atoms with Gasteiger partial charge in [0, 0.05) is 12.1 Å². The molecule has 0 spiro atoms. The summed E-state index contributed by atoms with van der Waals surface area (Å²) < 4.78 is 11.2. The Labute approximate surface area is 119 Å². The van der Waals surface area contributed by atoms with E-state index in [0.717, 1.165) is 35.7 Å². The van der Waals surface area contributed by atoms with Gasteiger partial charge in [0.2, 0.25) is 0 Å². The first-order chi connectivity index (χ1) is 9.76. The lowest BCUT2D eigenvalue weighted by Crippen LogP contribution is -2.23. The largest absolute Gasteiger partial charge is 0.496 e. The molecule has 0 radical (unpaired) electrons. The maximum Gasteiger partial charge on any atom is 0.123 e. The zero-order valence-electron chi connectivity index (χ0n) is 11.8. The molecule has 0 amide bonds. The second-order valence-electron chi connectivity index (χ2n) is 5.12. The van der Waals surface area contributed by atoms with E-state index in [4.69, 9.17) is 9.47 Å². The molecular formula is C17H19NO2. The summed E-state index contributed by atoms with van der Waals surface area (Å²) in [6, 6.07) is 14.4. The summed E-state index contributed by atoms with van der Waals surface area (Å²) >= 11 is 0. The van der Waals surface area contributed by atoms with E-state index in [1.54, 1.807) is 7.11 Å². The van der Waals surface area contributed by atoms with Gasteiger partial charge in [-0.3, -0.25) is 0 Å². The zero-order valence-corrected chi connectivity index (χ0v) is 11.8. The first-order valence-electron chi connectivity index (χ1n) is 6.89. The molecule has 0 aliphatic carbocycles. The third-order valence-corrected chi connectivity index (χ3v) is 3.64.